The predicted octanol–water partition coefficient (Wildman–Crippen LogP) is 3.93. The number of carbonyl (C=O) groups excluding carboxylic acids is 1. The molecular formula is C19H23NO. The summed E-state index contributed by atoms with van der Waals surface area (Å²) in [5.41, 5.74) is 5.73. The first-order chi connectivity index (χ1) is 9.97. The topological polar surface area (TPSA) is 20.3 Å². The van der Waals surface area contributed by atoms with Gasteiger partial charge in [-0.05, 0) is 56.1 Å². The molecule has 0 spiro atoms. The maximum absolute atomic E-state index is 12.4. The van der Waals surface area contributed by atoms with Crippen molar-refractivity contribution in [1.82, 2.24) is 4.90 Å². The minimum atomic E-state index is 0.175. The summed E-state index contributed by atoms with van der Waals surface area (Å²) in [5.74, 6) is 0.175. The van der Waals surface area contributed by atoms with Gasteiger partial charge in [0.25, 0.3) is 0 Å². The summed E-state index contributed by atoms with van der Waals surface area (Å²) in [7, 11) is 1.99. The van der Waals surface area contributed by atoms with Gasteiger partial charge >= 0.3 is 0 Å². The zero-order valence-corrected chi connectivity index (χ0v) is 13.3. The fraction of sp³-hybridized carbons (Fsp3) is 0.316. The van der Waals surface area contributed by atoms with Crippen LogP contribution in [-0.2, 0) is 6.54 Å². The monoisotopic (exact) mass is 281 g/mol. The molecule has 0 radical (unpaired) electrons. The van der Waals surface area contributed by atoms with E-state index in [0.29, 0.717) is 6.54 Å². The second-order valence-corrected chi connectivity index (χ2v) is 5.82. The molecule has 0 bridgehead atoms. The molecule has 0 heterocycles. The molecule has 0 unspecified atom stereocenters. The van der Waals surface area contributed by atoms with Crippen LogP contribution in [-0.4, -0.2) is 24.3 Å². The quantitative estimate of drug-likeness (QED) is 0.774. The van der Waals surface area contributed by atoms with Gasteiger partial charge in [0.05, 0.1) is 6.54 Å². The van der Waals surface area contributed by atoms with Crippen molar-refractivity contribution >= 4 is 5.78 Å². The van der Waals surface area contributed by atoms with Crippen molar-refractivity contribution in [1.29, 1.82) is 0 Å². The second kappa shape index (κ2) is 6.68. The molecule has 2 rings (SSSR count). The first-order valence-corrected chi connectivity index (χ1v) is 7.31. The van der Waals surface area contributed by atoms with Gasteiger partial charge in [-0.25, -0.2) is 0 Å². The lowest BCUT2D eigenvalue weighted by Gasteiger charge is -2.17. The highest BCUT2D eigenvalue weighted by Crippen LogP contribution is 2.13. The van der Waals surface area contributed by atoms with E-state index in [0.717, 1.165) is 12.1 Å². The molecule has 2 aromatic rings. The molecule has 2 nitrogen and oxygen atoms in total. The van der Waals surface area contributed by atoms with Crippen molar-refractivity contribution in [2.24, 2.45) is 0 Å². The Bertz CT molecular complexity index is 646. The number of aryl methyl sites for hydroxylation is 3. The standard InChI is InChI=1S/C19H23NO/c1-14-9-10-17(11-16(14)3)19(21)13-20(4)12-18-8-6-5-7-15(18)2/h5-11H,12-13H2,1-4H3. The summed E-state index contributed by atoms with van der Waals surface area (Å²) in [6.07, 6.45) is 0. The zero-order chi connectivity index (χ0) is 15.4. The molecule has 0 N–H and O–H groups in total. The summed E-state index contributed by atoms with van der Waals surface area (Å²) in [6.45, 7) is 7.45. The molecule has 0 saturated heterocycles. The van der Waals surface area contributed by atoms with Crippen molar-refractivity contribution in [3.63, 3.8) is 0 Å². The van der Waals surface area contributed by atoms with Crippen molar-refractivity contribution in [2.45, 2.75) is 27.3 Å². The average molecular weight is 281 g/mol. The molecular weight excluding hydrogens is 258 g/mol. The SMILES string of the molecule is Cc1ccc(C(=O)CN(C)Cc2ccccc2C)cc1C. The van der Waals surface area contributed by atoms with Crippen LogP contribution in [0.5, 0.6) is 0 Å². The average Bonchev–Trinajstić information content (AvgIpc) is 2.44. The highest BCUT2D eigenvalue weighted by atomic mass is 16.1. The number of carbonyl (C=O) groups is 1. The number of hydrogen-bond donors (Lipinski definition) is 0. The van der Waals surface area contributed by atoms with Crippen LogP contribution in [0.4, 0.5) is 0 Å². The van der Waals surface area contributed by atoms with Crippen LogP contribution in [0.25, 0.3) is 0 Å². The Kier molecular flexibility index (Phi) is 4.92. The molecule has 2 aromatic carbocycles. The van der Waals surface area contributed by atoms with Crippen molar-refractivity contribution in [3.8, 4) is 0 Å². The summed E-state index contributed by atoms with van der Waals surface area (Å²) in [4.78, 5) is 14.4. The Morgan fingerprint density at radius 3 is 2.33 bits per heavy atom. The molecule has 0 atom stereocenters. The largest absolute Gasteiger partial charge is 0.295 e. The van der Waals surface area contributed by atoms with Crippen LogP contribution in [0, 0.1) is 20.8 Å². The Labute approximate surface area is 127 Å². The van der Waals surface area contributed by atoms with E-state index in [9.17, 15) is 4.79 Å². The summed E-state index contributed by atoms with van der Waals surface area (Å²) in [6, 6.07) is 14.2. The van der Waals surface area contributed by atoms with Gasteiger partial charge in [0.2, 0.25) is 0 Å². The van der Waals surface area contributed by atoms with Gasteiger partial charge in [0.1, 0.15) is 0 Å². The number of ketones is 1. The van der Waals surface area contributed by atoms with E-state index in [-0.39, 0.29) is 5.78 Å². The predicted molar refractivity (Wildman–Crippen MR) is 87.8 cm³/mol. The Hall–Kier alpha value is -1.93. The molecule has 21 heavy (non-hydrogen) atoms. The van der Waals surface area contributed by atoms with E-state index >= 15 is 0 Å². The van der Waals surface area contributed by atoms with Gasteiger partial charge in [-0.15, -0.1) is 0 Å². The van der Waals surface area contributed by atoms with Gasteiger partial charge in [-0.3, -0.25) is 9.69 Å². The van der Waals surface area contributed by atoms with Crippen molar-refractivity contribution in [2.75, 3.05) is 13.6 Å². The smallest absolute Gasteiger partial charge is 0.176 e. The van der Waals surface area contributed by atoms with Crippen LogP contribution in [0.3, 0.4) is 0 Å². The number of nitrogens with zero attached hydrogens (tertiary/aromatic N) is 1. The van der Waals surface area contributed by atoms with E-state index in [4.69, 9.17) is 0 Å². The number of likely N-dealkylation sites (N-methyl/N-ethyl adjacent to an activating group) is 1. The molecule has 110 valence electrons. The van der Waals surface area contributed by atoms with E-state index in [1.807, 2.05) is 44.3 Å². The van der Waals surface area contributed by atoms with Gasteiger partial charge in [-0.1, -0.05) is 36.4 Å². The van der Waals surface area contributed by atoms with Crippen LogP contribution in [0.15, 0.2) is 42.5 Å². The summed E-state index contributed by atoms with van der Waals surface area (Å²) >= 11 is 0. The molecule has 0 aliphatic carbocycles. The Morgan fingerprint density at radius 1 is 0.952 bits per heavy atom. The summed E-state index contributed by atoms with van der Waals surface area (Å²) in [5, 5.41) is 0. The second-order valence-electron chi connectivity index (χ2n) is 5.82. The highest BCUT2D eigenvalue weighted by Gasteiger charge is 2.11. The number of benzene rings is 2. The Balaban J connectivity index is 2.02. The lowest BCUT2D eigenvalue weighted by molar-refractivity contribution is 0.0943. The van der Waals surface area contributed by atoms with E-state index in [1.165, 1.54) is 22.3 Å². The van der Waals surface area contributed by atoms with E-state index in [1.54, 1.807) is 0 Å². The lowest BCUT2D eigenvalue weighted by Crippen LogP contribution is -2.26. The normalized spacial score (nSPS) is 10.9. The maximum Gasteiger partial charge on any atom is 0.176 e. The third kappa shape index (κ3) is 4.02. The fourth-order valence-electron chi connectivity index (χ4n) is 2.39. The van der Waals surface area contributed by atoms with Crippen LogP contribution < -0.4 is 0 Å². The van der Waals surface area contributed by atoms with Crippen molar-refractivity contribution < 1.29 is 4.79 Å². The molecule has 0 fully saturated rings. The number of rotatable bonds is 5. The lowest BCUT2D eigenvalue weighted by atomic mass is 10.0. The van der Waals surface area contributed by atoms with Crippen LogP contribution >= 0.6 is 0 Å². The molecule has 0 aromatic heterocycles. The van der Waals surface area contributed by atoms with Crippen molar-refractivity contribution in [3.05, 3.63) is 70.3 Å². The fourth-order valence-corrected chi connectivity index (χ4v) is 2.39. The minimum Gasteiger partial charge on any atom is -0.295 e. The highest BCUT2D eigenvalue weighted by molar-refractivity contribution is 5.97. The maximum atomic E-state index is 12.4. The van der Waals surface area contributed by atoms with Gasteiger partial charge < -0.3 is 0 Å². The first kappa shape index (κ1) is 15.5. The third-order valence-corrected chi connectivity index (χ3v) is 3.94. The van der Waals surface area contributed by atoms with Crippen LogP contribution in [0.1, 0.15) is 32.6 Å². The number of hydrogen-bond acceptors (Lipinski definition) is 2. The van der Waals surface area contributed by atoms with E-state index < -0.39 is 0 Å². The van der Waals surface area contributed by atoms with E-state index in [2.05, 4.69) is 30.9 Å². The molecule has 0 aliphatic rings. The summed E-state index contributed by atoms with van der Waals surface area (Å²) < 4.78 is 0. The minimum absolute atomic E-state index is 0.175. The number of Topliss-reactive ketones (excluding diaryl/α,β-unsaturated/α-hetero) is 1. The molecule has 0 aliphatic heterocycles. The zero-order valence-electron chi connectivity index (χ0n) is 13.3. The first-order valence-electron chi connectivity index (χ1n) is 7.31. The van der Waals surface area contributed by atoms with Crippen LogP contribution in [0.2, 0.25) is 0 Å². The Morgan fingerprint density at radius 2 is 1.67 bits per heavy atom. The van der Waals surface area contributed by atoms with Gasteiger partial charge in [0, 0.05) is 12.1 Å². The van der Waals surface area contributed by atoms with Gasteiger partial charge in [0.15, 0.2) is 5.78 Å². The molecule has 0 saturated carbocycles. The molecule has 0 amide bonds. The third-order valence-electron chi connectivity index (χ3n) is 3.94. The molecule has 2 heteroatoms. The van der Waals surface area contributed by atoms with Gasteiger partial charge in [-0.2, -0.15) is 0 Å².